The molecule has 160 valence electrons. The van der Waals surface area contributed by atoms with E-state index in [0.29, 0.717) is 12.1 Å². The highest BCUT2D eigenvalue weighted by Gasteiger charge is 2.36. The number of alkyl halides is 3. The number of ketones is 1. The van der Waals surface area contributed by atoms with Crippen molar-refractivity contribution in [3.05, 3.63) is 53.4 Å². The number of rotatable bonds is 6. The Morgan fingerprint density at radius 3 is 2.60 bits per heavy atom. The maximum Gasteiger partial charge on any atom is 0.404 e. The maximum atomic E-state index is 14.8. The summed E-state index contributed by atoms with van der Waals surface area (Å²) in [5.41, 5.74) is -2.14. The second-order valence-electron chi connectivity index (χ2n) is 6.06. The highest BCUT2D eigenvalue weighted by atomic mass is 32.2. The number of carbonyl (C=O) groups excluding carboxylic acids is 1. The molecule has 1 aromatic carbocycles. The smallest absolute Gasteiger partial charge is 0.404 e. The van der Waals surface area contributed by atoms with Gasteiger partial charge in [-0.1, -0.05) is 0 Å². The third kappa shape index (κ3) is 4.35. The third-order valence-electron chi connectivity index (χ3n) is 3.92. The third-order valence-corrected chi connectivity index (χ3v) is 5.16. The number of ether oxygens (including phenoxy) is 1. The molecule has 0 aliphatic heterocycles. The number of carbonyl (C=O) groups is 1. The molecule has 0 spiro atoms. The SMILES string of the molecule is COc1cnc2[nH]cc(C(=O)c3c(F)ccc(NS(=O)(=O)CC(F)(F)F)c3F)c2c1. The first-order valence-corrected chi connectivity index (χ1v) is 9.68. The van der Waals surface area contributed by atoms with Gasteiger partial charge < -0.3 is 9.72 Å². The number of halogens is 5. The molecule has 3 rings (SSSR count). The van der Waals surface area contributed by atoms with E-state index in [1.165, 1.54) is 24.1 Å². The molecule has 30 heavy (non-hydrogen) atoms. The van der Waals surface area contributed by atoms with Gasteiger partial charge in [0, 0.05) is 17.1 Å². The number of nitrogens with one attached hydrogen (secondary N) is 2. The van der Waals surface area contributed by atoms with Crippen LogP contribution in [0.1, 0.15) is 15.9 Å². The Labute approximate surface area is 165 Å². The van der Waals surface area contributed by atoms with E-state index >= 15 is 0 Å². The summed E-state index contributed by atoms with van der Waals surface area (Å²) in [4.78, 5) is 19.4. The number of pyridine rings is 1. The number of nitrogens with zero attached hydrogens (tertiary/aromatic N) is 1. The van der Waals surface area contributed by atoms with Gasteiger partial charge in [0.1, 0.15) is 17.2 Å². The second kappa shape index (κ2) is 7.55. The van der Waals surface area contributed by atoms with Crippen molar-refractivity contribution in [2.45, 2.75) is 6.18 Å². The highest BCUT2D eigenvalue weighted by Crippen LogP contribution is 2.29. The van der Waals surface area contributed by atoms with Gasteiger partial charge in [0.2, 0.25) is 15.8 Å². The van der Waals surface area contributed by atoms with Crippen molar-refractivity contribution in [1.29, 1.82) is 0 Å². The predicted octanol–water partition coefficient (Wildman–Crippen LogP) is 3.38. The lowest BCUT2D eigenvalue weighted by molar-refractivity contribution is -0.106. The summed E-state index contributed by atoms with van der Waals surface area (Å²) < 4.78 is 95.7. The second-order valence-corrected chi connectivity index (χ2v) is 7.79. The zero-order valence-electron chi connectivity index (χ0n) is 15.0. The number of benzene rings is 1. The molecule has 0 saturated heterocycles. The molecule has 2 N–H and O–H groups in total. The van der Waals surface area contributed by atoms with Gasteiger partial charge in [-0.25, -0.2) is 22.2 Å². The quantitative estimate of drug-likeness (QED) is 0.444. The van der Waals surface area contributed by atoms with E-state index < -0.39 is 50.6 Å². The number of sulfonamides is 1. The molecule has 0 atom stereocenters. The predicted molar refractivity (Wildman–Crippen MR) is 95.9 cm³/mol. The Morgan fingerprint density at radius 2 is 1.97 bits per heavy atom. The molecule has 0 bridgehead atoms. The highest BCUT2D eigenvalue weighted by molar-refractivity contribution is 7.92. The number of anilines is 1. The summed E-state index contributed by atoms with van der Waals surface area (Å²) in [7, 11) is -3.71. The fraction of sp³-hybridized carbons (Fsp3) is 0.176. The van der Waals surface area contributed by atoms with E-state index in [2.05, 4.69) is 9.97 Å². The monoisotopic (exact) mass is 449 g/mol. The minimum Gasteiger partial charge on any atom is -0.495 e. The van der Waals surface area contributed by atoms with Gasteiger partial charge in [0.05, 0.1) is 24.6 Å². The topological polar surface area (TPSA) is 101 Å². The molecule has 0 fully saturated rings. The Bertz CT molecular complexity index is 1240. The maximum absolute atomic E-state index is 14.8. The van der Waals surface area contributed by atoms with Crippen LogP contribution in [0.15, 0.2) is 30.6 Å². The Kier molecular flexibility index (Phi) is 5.41. The first kappa shape index (κ1) is 21.5. The van der Waals surface area contributed by atoms with Crippen molar-refractivity contribution in [1.82, 2.24) is 9.97 Å². The lowest BCUT2D eigenvalue weighted by Crippen LogP contribution is -2.28. The van der Waals surface area contributed by atoms with Crippen molar-refractivity contribution >= 4 is 32.5 Å². The summed E-state index contributed by atoms with van der Waals surface area (Å²) in [5.74, 6) is -6.19. The van der Waals surface area contributed by atoms with Gasteiger partial charge in [-0.3, -0.25) is 9.52 Å². The number of aromatic nitrogens is 2. The average Bonchev–Trinajstić information content (AvgIpc) is 3.05. The summed E-state index contributed by atoms with van der Waals surface area (Å²) >= 11 is 0. The lowest BCUT2D eigenvalue weighted by Gasteiger charge is -2.13. The number of H-pyrrole nitrogens is 1. The molecule has 7 nitrogen and oxygen atoms in total. The van der Waals surface area contributed by atoms with Gasteiger partial charge in [-0.15, -0.1) is 0 Å². The molecule has 0 aliphatic rings. The van der Waals surface area contributed by atoms with Gasteiger partial charge in [0.15, 0.2) is 11.6 Å². The van der Waals surface area contributed by atoms with Crippen LogP contribution < -0.4 is 9.46 Å². The van der Waals surface area contributed by atoms with E-state index in [9.17, 15) is 35.2 Å². The van der Waals surface area contributed by atoms with Gasteiger partial charge in [-0.05, 0) is 18.2 Å². The zero-order valence-corrected chi connectivity index (χ0v) is 15.8. The molecule has 0 amide bonds. The fourth-order valence-corrected chi connectivity index (χ4v) is 3.67. The molecule has 0 unspecified atom stereocenters. The normalized spacial score (nSPS) is 12.2. The molecular weight excluding hydrogens is 437 g/mol. The van der Waals surface area contributed by atoms with Crippen LogP contribution in [0.25, 0.3) is 11.0 Å². The summed E-state index contributed by atoms with van der Waals surface area (Å²) in [6, 6.07) is 2.53. The first-order valence-electron chi connectivity index (χ1n) is 8.03. The number of aromatic amines is 1. The van der Waals surface area contributed by atoms with Crippen molar-refractivity contribution < 1.29 is 39.9 Å². The van der Waals surface area contributed by atoms with E-state index in [1.807, 2.05) is 0 Å². The van der Waals surface area contributed by atoms with Gasteiger partial charge in [-0.2, -0.15) is 13.2 Å². The first-order chi connectivity index (χ1) is 13.9. The minimum atomic E-state index is -5.09. The van der Waals surface area contributed by atoms with Crippen molar-refractivity contribution in [2.24, 2.45) is 0 Å². The standard InChI is InChI=1S/C17H12F5N3O4S/c1-29-8-4-9-10(6-24-16(9)23-5-8)15(26)13-11(18)2-3-12(14(13)19)25-30(27,28)7-17(20,21)22/h2-6,25H,7H2,1H3,(H,23,24). The Morgan fingerprint density at radius 1 is 1.27 bits per heavy atom. The number of hydrogen-bond acceptors (Lipinski definition) is 5. The van der Waals surface area contributed by atoms with Crippen molar-refractivity contribution in [3.63, 3.8) is 0 Å². The van der Waals surface area contributed by atoms with Crippen LogP contribution in [0, 0.1) is 11.6 Å². The molecule has 0 radical (unpaired) electrons. The van der Waals surface area contributed by atoms with Crippen LogP contribution in [0.3, 0.4) is 0 Å². The van der Waals surface area contributed by atoms with Gasteiger partial charge in [0.25, 0.3) is 0 Å². The van der Waals surface area contributed by atoms with E-state index in [-0.39, 0.29) is 22.3 Å². The molecular formula is C17H12F5N3O4S. The minimum absolute atomic E-state index is 0.168. The molecule has 2 aromatic heterocycles. The van der Waals surface area contributed by atoms with E-state index in [4.69, 9.17) is 4.74 Å². The van der Waals surface area contributed by atoms with Crippen molar-refractivity contribution in [2.75, 3.05) is 17.6 Å². The summed E-state index contributed by atoms with van der Waals surface area (Å²) in [5, 5.41) is 0.168. The summed E-state index contributed by atoms with van der Waals surface area (Å²) in [6.07, 6.45) is -2.61. The van der Waals surface area contributed by atoms with E-state index in [1.54, 1.807) is 0 Å². The summed E-state index contributed by atoms with van der Waals surface area (Å²) in [6.45, 7) is 0. The molecule has 3 aromatic rings. The van der Waals surface area contributed by atoms with Crippen LogP contribution in [-0.2, 0) is 10.0 Å². The van der Waals surface area contributed by atoms with Crippen LogP contribution in [0.5, 0.6) is 5.75 Å². The molecule has 2 heterocycles. The molecule has 13 heteroatoms. The van der Waals surface area contributed by atoms with Crippen LogP contribution in [-0.4, -0.2) is 43.2 Å². The lowest BCUT2D eigenvalue weighted by atomic mass is 10.0. The van der Waals surface area contributed by atoms with Crippen LogP contribution >= 0.6 is 0 Å². The Balaban J connectivity index is 2.05. The zero-order chi connectivity index (χ0) is 22.3. The largest absolute Gasteiger partial charge is 0.495 e. The number of methoxy groups -OCH3 is 1. The van der Waals surface area contributed by atoms with E-state index in [0.717, 1.165) is 6.20 Å². The Hall–Kier alpha value is -3.22. The molecule has 0 aliphatic carbocycles. The fourth-order valence-electron chi connectivity index (χ4n) is 2.68. The average molecular weight is 449 g/mol. The molecule has 0 saturated carbocycles. The number of fused-ring (bicyclic) bond motifs is 1. The van der Waals surface area contributed by atoms with Crippen LogP contribution in [0.4, 0.5) is 27.6 Å². The van der Waals surface area contributed by atoms with Gasteiger partial charge >= 0.3 is 6.18 Å². The van der Waals surface area contributed by atoms with Crippen molar-refractivity contribution in [3.8, 4) is 5.75 Å². The number of hydrogen-bond donors (Lipinski definition) is 2. The van der Waals surface area contributed by atoms with Crippen LogP contribution in [0.2, 0.25) is 0 Å².